The van der Waals surface area contributed by atoms with Crippen molar-refractivity contribution in [3.05, 3.63) is 12.7 Å². The zero-order chi connectivity index (χ0) is 7.66. The minimum atomic E-state index is 1.03. The summed E-state index contributed by atoms with van der Waals surface area (Å²) in [5, 5.41) is 0. The van der Waals surface area contributed by atoms with Gasteiger partial charge >= 0.3 is 0 Å². The third kappa shape index (κ3) is 7.65. The second kappa shape index (κ2) is 8.65. The molecule has 0 aromatic carbocycles. The fourth-order valence-electron chi connectivity index (χ4n) is 0.517. The summed E-state index contributed by atoms with van der Waals surface area (Å²) in [6.45, 7) is 5.54. The SMILES string of the molecule is C=CCCSCCC#CC. The Balaban J connectivity index is 2.88. The lowest BCUT2D eigenvalue weighted by Gasteiger charge is -1.92. The van der Waals surface area contributed by atoms with Crippen LogP contribution in [0.25, 0.3) is 0 Å². The quantitative estimate of drug-likeness (QED) is 0.333. The van der Waals surface area contributed by atoms with Crippen LogP contribution in [-0.4, -0.2) is 11.5 Å². The standard InChI is InChI=1S/C9H14S/c1-3-5-7-9-10-8-6-4-2/h4H,2,6-9H2,1H3. The maximum absolute atomic E-state index is 3.65. The van der Waals surface area contributed by atoms with Gasteiger partial charge in [-0.3, -0.25) is 0 Å². The molecule has 0 saturated heterocycles. The minimum absolute atomic E-state index is 1.03. The third-order valence-corrected chi connectivity index (χ3v) is 2.03. The molecule has 10 heavy (non-hydrogen) atoms. The summed E-state index contributed by atoms with van der Waals surface area (Å²) in [4.78, 5) is 0. The molecule has 0 rings (SSSR count). The molecule has 0 heterocycles. The van der Waals surface area contributed by atoms with Gasteiger partial charge in [-0.2, -0.15) is 11.8 Å². The van der Waals surface area contributed by atoms with Crippen LogP contribution in [0.15, 0.2) is 12.7 Å². The highest BCUT2D eigenvalue weighted by atomic mass is 32.2. The van der Waals surface area contributed by atoms with Gasteiger partial charge in [0.1, 0.15) is 0 Å². The Bertz CT molecular complexity index is 127. The molecule has 0 unspecified atom stereocenters. The summed E-state index contributed by atoms with van der Waals surface area (Å²) in [6.07, 6.45) is 4.10. The first-order chi connectivity index (χ1) is 4.91. The van der Waals surface area contributed by atoms with E-state index in [9.17, 15) is 0 Å². The molecule has 56 valence electrons. The van der Waals surface area contributed by atoms with Gasteiger partial charge in [0, 0.05) is 12.2 Å². The fourth-order valence-corrected chi connectivity index (χ4v) is 1.30. The van der Waals surface area contributed by atoms with Crippen LogP contribution in [0.4, 0.5) is 0 Å². The summed E-state index contributed by atoms with van der Waals surface area (Å²) >= 11 is 1.94. The Morgan fingerprint density at radius 1 is 1.50 bits per heavy atom. The zero-order valence-electron chi connectivity index (χ0n) is 6.52. The van der Waals surface area contributed by atoms with E-state index in [4.69, 9.17) is 0 Å². The molecular formula is C9H14S. The predicted molar refractivity (Wildman–Crippen MR) is 50.2 cm³/mol. The Kier molecular flexibility index (Phi) is 8.35. The number of rotatable bonds is 5. The predicted octanol–water partition coefficient (Wildman–Crippen LogP) is 2.71. The van der Waals surface area contributed by atoms with Crippen LogP contribution < -0.4 is 0 Å². The van der Waals surface area contributed by atoms with Gasteiger partial charge in [-0.15, -0.1) is 18.4 Å². The van der Waals surface area contributed by atoms with Gasteiger partial charge in [-0.25, -0.2) is 0 Å². The Morgan fingerprint density at radius 3 is 2.90 bits per heavy atom. The minimum Gasteiger partial charge on any atom is -0.161 e. The lowest BCUT2D eigenvalue weighted by molar-refractivity contribution is 1.23. The van der Waals surface area contributed by atoms with E-state index in [1.54, 1.807) is 0 Å². The highest BCUT2D eigenvalue weighted by Crippen LogP contribution is 2.03. The molecule has 0 aromatic rings. The first kappa shape index (κ1) is 9.65. The molecule has 0 spiro atoms. The van der Waals surface area contributed by atoms with Crippen molar-refractivity contribution in [2.45, 2.75) is 19.8 Å². The van der Waals surface area contributed by atoms with Crippen LogP contribution >= 0.6 is 11.8 Å². The van der Waals surface area contributed by atoms with E-state index in [0.717, 1.165) is 18.6 Å². The van der Waals surface area contributed by atoms with Gasteiger partial charge in [0.2, 0.25) is 0 Å². The monoisotopic (exact) mass is 154 g/mol. The van der Waals surface area contributed by atoms with Crippen molar-refractivity contribution in [1.82, 2.24) is 0 Å². The van der Waals surface area contributed by atoms with E-state index in [2.05, 4.69) is 18.4 Å². The molecule has 0 atom stereocenters. The molecule has 0 bridgehead atoms. The number of allylic oxidation sites excluding steroid dienone is 1. The number of thioether (sulfide) groups is 1. The average Bonchev–Trinajstić information content (AvgIpc) is 1.97. The molecule has 0 nitrogen and oxygen atoms in total. The smallest absolute Gasteiger partial charge is 0.0179 e. The van der Waals surface area contributed by atoms with E-state index in [1.165, 1.54) is 5.75 Å². The van der Waals surface area contributed by atoms with E-state index in [0.29, 0.717) is 0 Å². The fraction of sp³-hybridized carbons (Fsp3) is 0.556. The lowest BCUT2D eigenvalue weighted by Crippen LogP contribution is -1.79. The van der Waals surface area contributed by atoms with Gasteiger partial charge in [-0.1, -0.05) is 6.08 Å². The summed E-state index contributed by atoms with van der Waals surface area (Å²) in [5.74, 6) is 8.25. The average molecular weight is 154 g/mol. The van der Waals surface area contributed by atoms with E-state index in [1.807, 2.05) is 24.8 Å². The molecule has 0 fully saturated rings. The lowest BCUT2D eigenvalue weighted by atomic mass is 10.5. The molecular weight excluding hydrogens is 140 g/mol. The van der Waals surface area contributed by atoms with Crippen LogP contribution in [0.2, 0.25) is 0 Å². The Labute approximate surface area is 68.1 Å². The van der Waals surface area contributed by atoms with Crippen molar-refractivity contribution in [2.75, 3.05) is 11.5 Å². The number of hydrogen-bond acceptors (Lipinski definition) is 1. The maximum Gasteiger partial charge on any atom is 0.0179 e. The van der Waals surface area contributed by atoms with Crippen molar-refractivity contribution >= 4 is 11.8 Å². The zero-order valence-corrected chi connectivity index (χ0v) is 7.34. The van der Waals surface area contributed by atoms with Gasteiger partial charge in [-0.05, 0) is 19.1 Å². The molecule has 0 amide bonds. The molecule has 0 aliphatic carbocycles. The van der Waals surface area contributed by atoms with Crippen LogP contribution in [0.1, 0.15) is 19.8 Å². The first-order valence-corrected chi connectivity index (χ1v) is 4.65. The molecule has 0 radical (unpaired) electrons. The normalized spacial score (nSPS) is 8.10. The van der Waals surface area contributed by atoms with Crippen molar-refractivity contribution in [1.29, 1.82) is 0 Å². The third-order valence-electron chi connectivity index (χ3n) is 1.01. The van der Waals surface area contributed by atoms with Crippen LogP contribution in [0.3, 0.4) is 0 Å². The Morgan fingerprint density at radius 2 is 2.30 bits per heavy atom. The number of hydrogen-bond donors (Lipinski definition) is 0. The first-order valence-electron chi connectivity index (χ1n) is 3.50. The molecule has 1 heteroatoms. The van der Waals surface area contributed by atoms with Gasteiger partial charge in [0.05, 0.1) is 0 Å². The van der Waals surface area contributed by atoms with Crippen LogP contribution in [0.5, 0.6) is 0 Å². The van der Waals surface area contributed by atoms with Crippen molar-refractivity contribution in [2.24, 2.45) is 0 Å². The molecule has 0 aliphatic rings. The Hall–Kier alpha value is -0.350. The molecule has 0 N–H and O–H groups in total. The second-order valence-electron chi connectivity index (χ2n) is 1.87. The summed E-state index contributed by atoms with van der Waals surface area (Å²) in [7, 11) is 0. The summed E-state index contributed by atoms with van der Waals surface area (Å²) < 4.78 is 0. The van der Waals surface area contributed by atoms with E-state index in [-0.39, 0.29) is 0 Å². The van der Waals surface area contributed by atoms with Gasteiger partial charge < -0.3 is 0 Å². The van der Waals surface area contributed by atoms with E-state index < -0.39 is 0 Å². The maximum atomic E-state index is 3.65. The summed E-state index contributed by atoms with van der Waals surface area (Å²) in [5.41, 5.74) is 0. The van der Waals surface area contributed by atoms with Crippen molar-refractivity contribution < 1.29 is 0 Å². The molecule has 0 saturated carbocycles. The van der Waals surface area contributed by atoms with Crippen molar-refractivity contribution in [3.63, 3.8) is 0 Å². The highest BCUT2D eigenvalue weighted by Gasteiger charge is 1.83. The van der Waals surface area contributed by atoms with Crippen LogP contribution in [-0.2, 0) is 0 Å². The largest absolute Gasteiger partial charge is 0.161 e. The summed E-state index contributed by atoms with van der Waals surface area (Å²) in [6, 6.07) is 0. The topological polar surface area (TPSA) is 0 Å². The molecule has 0 aromatic heterocycles. The van der Waals surface area contributed by atoms with Crippen molar-refractivity contribution in [3.8, 4) is 11.8 Å². The van der Waals surface area contributed by atoms with Gasteiger partial charge in [0.25, 0.3) is 0 Å². The van der Waals surface area contributed by atoms with Gasteiger partial charge in [0.15, 0.2) is 0 Å². The second-order valence-corrected chi connectivity index (χ2v) is 3.09. The highest BCUT2D eigenvalue weighted by molar-refractivity contribution is 7.99. The van der Waals surface area contributed by atoms with E-state index >= 15 is 0 Å². The van der Waals surface area contributed by atoms with Crippen LogP contribution in [0, 0.1) is 11.8 Å². The molecule has 0 aliphatic heterocycles.